The highest BCUT2D eigenvalue weighted by Gasteiger charge is 2.28. The molecule has 0 bridgehead atoms. The molecule has 14 heteroatoms. The van der Waals surface area contributed by atoms with Crippen LogP contribution < -0.4 is 38.9 Å². The van der Waals surface area contributed by atoms with Crippen molar-refractivity contribution in [3.8, 4) is 5.75 Å². The number of nitrogens with two attached hydrogens (primary N) is 4. The lowest BCUT2D eigenvalue weighted by molar-refractivity contribution is -0.138. The standard InChI is InChI=1S/C23H38N8O6/c24-10-2-1-4-16(25)20(35)30-17(5-3-11-28-23(26)27)22(37)31-18(21(36)29-13-19(33)34)12-14-6-8-15(32)9-7-14/h6-9,16-18,32H,1-5,10-13,24-25H2,(H,29,36)(H,30,35)(H,31,37)(H,33,34)(H4,26,27,28). The van der Waals surface area contributed by atoms with Gasteiger partial charge in [-0.15, -0.1) is 0 Å². The quantitative estimate of drug-likeness (QED) is 0.0595. The maximum atomic E-state index is 13.2. The molecule has 37 heavy (non-hydrogen) atoms. The topological polar surface area (TPSA) is 261 Å². The summed E-state index contributed by atoms with van der Waals surface area (Å²) >= 11 is 0. The van der Waals surface area contributed by atoms with Crippen LogP contribution in [0.1, 0.15) is 37.7 Å². The average Bonchev–Trinajstić information content (AvgIpc) is 2.84. The number of aliphatic carboxylic acids is 1. The minimum Gasteiger partial charge on any atom is -0.508 e. The van der Waals surface area contributed by atoms with Crippen molar-refractivity contribution in [2.45, 2.75) is 56.7 Å². The first-order valence-electron chi connectivity index (χ1n) is 11.9. The molecule has 3 unspecified atom stereocenters. The molecule has 206 valence electrons. The van der Waals surface area contributed by atoms with Crippen LogP contribution in [0.15, 0.2) is 29.3 Å². The molecule has 0 aromatic heterocycles. The van der Waals surface area contributed by atoms with Gasteiger partial charge in [-0.05, 0) is 49.9 Å². The number of nitrogens with zero attached hydrogens (tertiary/aromatic N) is 1. The Bertz CT molecular complexity index is 920. The monoisotopic (exact) mass is 522 g/mol. The first-order valence-corrected chi connectivity index (χ1v) is 11.9. The fourth-order valence-corrected chi connectivity index (χ4v) is 3.33. The molecular formula is C23H38N8O6. The van der Waals surface area contributed by atoms with Crippen LogP contribution in [0.5, 0.6) is 5.75 Å². The zero-order chi connectivity index (χ0) is 27.8. The van der Waals surface area contributed by atoms with Crippen LogP contribution in [-0.4, -0.2) is 77.6 Å². The molecule has 0 aliphatic heterocycles. The van der Waals surface area contributed by atoms with E-state index in [-0.39, 0.29) is 31.1 Å². The van der Waals surface area contributed by atoms with Gasteiger partial charge in [0.25, 0.3) is 0 Å². The first-order chi connectivity index (χ1) is 17.5. The largest absolute Gasteiger partial charge is 0.508 e. The van der Waals surface area contributed by atoms with Crippen molar-refractivity contribution >= 4 is 29.7 Å². The van der Waals surface area contributed by atoms with Gasteiger partial charge in [0, 0.05) is 13.0 Å². The van der Waals surface area contributed by atoms with E-state index in [0.717, 1.165) is 0 Å². The number of carbonyl (C=O) groups is 4. The summed E-state index contributed by atoms with van der Waals surface area (Å²) in [7, 11) is 0. The lowest BCUT2D eigenvalue weighted by Gasteiger charge is -2.24. The summed E-state index contributed by atoms with van der Waals surface area (Å²) in [6.45, 7) is 0.0359. The number of aliphatic imine (C=N–C) groups is 1. The van der Waals surface area contributed by atoms with Crippen LogP contribution in [0.4, 0.5) is 0 Å². The van der Waals surface area contributed by atoms with Gasteiger partial charge in [-0.25, -0.2) is 0 Å². The second-order valence-electron chi connectivity index (χ2n) is 8.44. The summed E-state index contributed by atoms with van der Waals surface area (Å²) in [5.74, 6) is -3.28. The zero-order valence-corrected chi connectivity index (χ0v) is 20.7. The third kappa shape index (κ3) is 13.1. The van der Waals surface area contributed by atoms with E-state index in [1.807, 2.05) is 0 Å². The highest BCUT2D eigenvalue weighted by atomic mass is 16.4. The molecule has 1 rings (SSSR count). The Balaban J connectivity index is 3.01. The van der Waals surface area contributed by atoms with E-state index < -0.39 is 48.4 Å². The normalized spacial score (nSPS) is 13.0. The Labute approximate surface area is 215 Å². The Morgan fingerprint density at radius 2 is 1.54 bits per heavy atom. The van der Waals surface area contributed by atoms with Crippen LogP contribution in [0, 0.1) is 0 Å². The van der Waals surface area contributed by atoms with Crippen molar-refractivity contribution in [3.63, 3.8) is 0 Å². The van der Waals surface area contributed by atoms with Gasteiger partial charge >= 0.3 is 5.97 Å². The van der Waals surface area contributed by atoms with Crippen molar-refractivity contribution in [1.82, 2.24) is 16.0 Å². The van der Waals surface area contributed by atoms with E-state index in [1.165, 1.54) is 12.1 Å². The average molecular weight is 523 g/mol. The molecule has 0 radical (unpaired) electrons. The van der Waals surface area contributed by atoms with E-state index in [0.29, 0.717) is 37.8 Å². The highest BCUT2D eigenvalue weighted by Crippen LogP contribution is 2.12. The summed E-state index contributed by atoms with van der Waals surface area (Å²) in [4.78, 5) is 53.3. The highest BCUT2D eigenvalue weighted by molar-refractivity contribution is 5.93. The van der Waals surface area contributed by atoms with Gasteiger partial charge < -0.3 is 49.1 Å². The van der Waals surface area contributed by atoms with E-state index in [1.54, 1.807) is 12.1 Å². The van der Waals surface area contributed by atoms with Gasteiger partial charge in [0.2, 0.25) is 17.7 Å². The summed E-state index contributed by atoms with van der Waals surface area (Å²) in [5.41, 5.74) is 22.7. The number of aromatic hydroxyl groups is 1. The minimum absolute atomic E-state index is 0.00470. The fraction of sp³-hybridized carbons (Fsp3) is 0.522. The molecule has 0 aliphatic carbocycles. The van der Waals surface area contributed by atoms with Crippen molar-refractivity contribution < 1.29 is 29.4 Å². The molecule has 0 spiro atoms. The number of phenolic OH excluding ortho intramolecular Hbond substituents is 1. The minimum atomic E-state index is -1.25. The van der Waals surface area contributed by atoms with Crippen molar-refractivity contribution in [2.75, 3.05) is 19.6 Å². The number of hydrogen-bond donors (Lipinski definition) is 9. The molecule has 13 N–H and O–H groups in total. The van der Waals surface area contributed by atoms with Crippen molar-refractivity contribution in [2.24, 2.45) is 27.9 Å². The molecule has 0 aliphatic rings. The Hall–Kier alpha value is -3.91. The van der Waals surface area contributed by atoms with E-state index in [2.05, 4.69) is 20.9 Å². The number of guanidine groups is 1. The summed E-state index contributed by atoms with van der Waals surface area (Å²) in [6.07, 6.45) is 2.22. The molecule has 3 amide bonds. The summed E-state index contributed by atoms with van der Waals surface area (Å²) in [6, 6.07) is 2.89. The number of rotatable bonds is 17. The van der Waals surface area contributed by atoms with Gasteiger partial charge in [0.1, 0.15) is 24.4 Å². The van der Waals surface area contributed by atoms with Crippen LogP contribution in [-0.2, 0) is 25.6 Å². The number of phenols is 1. The molecule has 0 fully saturated rings. The SMILES string of the molecule is NCCCCC(N)C(=O)NC(CCCN=C(N)N)C(=O)NC(Cc1ccc(O)cc1)C(=O)NCC(=O)O. The van der Waals surface area contributed by atoms with E-state index in [9.17, 15) is 24.3 Å². The number of carboxylic acid groups (broad SMARTS) is 1. The molecule has 14 nitrogen and oxygen atoms in total. The molecule has 1 aromatic carbocycles. The van der Waals surface area contributed by atoms with Gasteiger partial charge in [-0.2, -0.15) is 0 Å². The number of nitrogens with one attached hydrogen (secondary N) is 3. The number of carbonyl (C=O) groups excluding carboxylic acids is 3. The van der Waals surface area contributed by atoms with E-state index >= 15 is 0 Å². The molecular weight excluding hydrogens is 484 g/mol. The zero-order valence-electron chi connectivity index (χ0n) is 20.7. The third-order valence-electron chi connectivity index (χ3n) is 5.31. The summed E-state index contributed by atoms with van der Waals surface area (Å²) in [5, 5.41) is 25.9. The predicted molar refractivity (Wildman–Crippen MR) is 137 cm³/mol. The Kier molecular flexibility index (Phi) is 14.1. The maximum absolute atomic E-state index is 13.2. The van der Waals surface area contributed by atoms with Crippen LogP contribution >= 0.6 is 0 Å². The van der Waals surface area contributed by atoms with Gasteiger partial charge in [0.15, 0.2) is 5.96 Å². The maximum Gasteiger partial charge on any atom is 0.322 e. The third-order valence-corrected chi connectivity index (χ3v) is 5.31. The van der Waals surface area contributed by atoms with E-state index in [4.69, 9.17) is 28.0 Å². The van der Waals surface area contributed by atoms with Crippen LogP contribution in [0.2, 0.25) is 0 Å². The number of benzene rings is 1. The smallest absolute Gasteiger partial charge is 0.322 e. The Morgan fingerprint density at radius 3 is 2.14 bits per heavy atom. The van der Waals surface area contributed by atoms with Crippen molar-refractivity contribution in [3.05, 3.63) is 29.8 Å². The number of amides is 3. The predicted octanol–water partition coefficient (Wildman–Crippen LogP) is -2.38. The van der Waals surface area contributed by atoms with Gasteiger partial charge in [0.05, 0.1) is 6.04 Å². The molecule has 0 saturated carbocycles. The lowest BCUT2D eigenvalue weighted by atomic mass is 10.0. The summed E-state index contributed by atoms with van der Waals surface area (Å²) < 4.78 is 0. The second-order valence-corrected chi connectivity index (χ2v) is 8.44. The lowest BCUT2D eigenvalue weighted by Crippen LogP contribution is -2.56. The fourth-order valence-electron chi connectivity index (χ4n) is 3.33. The molecule has 0 saturated heterocycles. The van der Waals surface area contributed by atoms with Crippen molar-refractivity contribution in [1.29, 1.82) is 0 Å². The van der Waals surface area contributed by atoms with Crippen LogP contribution in [0.25, 0.3) is 0 Å². The van der Waals surface area contributed by atoms with Crippen LogP contribution in [0.3, 0.4) is 0 Å². The first kappa shape index (κ1) is 31.1. The number of hydrogen-bond acceptors (Lipinski definition) is 8. The molecule has 1 aromatic rings. The Morgan fingerprint density at radius 1 is 0.892 bits per heavy atom. The number of carboxylic acids is 1. The molecule has 0 heterocycles. The molecule has 3 atom stereocenters. The van der Waals surface area contributed by atoms with Gasteiger partial charge in [-0.3, -0.25) is 24.2 Å². The number of unbranched alkanes of at least 4 members (excludes halogenated alkanes) is 1. The second kappa shape index (κ2) is 16.7. The van der Waals surface area contributed by atoms with Gasteiger partial charge in [-0.1, -0.05) is 18.6 Å².